The summed E-state index contributed by atoms with van der Waals surface area (Å²) in [5.74, 6) is -2.94. The topological polar surface area (TPSA) is 112 Å². The third-order valence-corrected chi connectivity index (χ3v) is 1.46. The molecule has 0 saturated carbocycles. The van der Waals surface area contributed by atoms with Gasteiger partial charge in [0.25, 0.3) is 0 Å². The standard InChI is InChI=1S/C7H8.3C3H4O2/c1-7-5-3-2-4-6-7;3*1-2-3(4)5/h2-6H,1H3;3*2H,1H2,(H,4,5). The fourth-order valence-corrected chi connectivity index (χ4v) is 0.534. The minimum atomic E-state index is -0.981. The Hall–Kier alpha value is -3.15. The van der Waals surface area contributed by atoms with Crippen molar-refractivity contribution in [2.45, 2.75) is 6.92 Å². The number of carboxylic acids is 3. The monoisotopic (exact) mass is 308 g/mol. The number of hydrogen-bond donors (Lipinski definition) is 3. The predicted octanol–water partition coefficient (Wildman–Crippen LogP) is 2.77. The van der Waals surface area contributed by atoms with Crippen molar-refractivity contribution in [1.29, 1.82) is 0 Å². The van der Waals surface area contributed by atoms with Crippen LogP contribution in [0.5, 0.6) is 0 Å². The number of hydrogen-bond acceptors (Lipinski definition) is 3. The molecular weight excluding hydrogens is 288 g/mol. The van der Waals surface area contributed by atoms with Crippen molar-refractivity contribution in [2.24, 2.45) is 0 Å². The lowest BCUT2D eigenvalue weighted by Crippen LogP contribution is -1.82. The molecule has 0 aliphatic carbocycles. The third-order valence-electron chi connectivity index (χ3n) is 1.46. The van der Waals surface area contributed by atoms with Gasteiger partial charge in [0.15, 0.2) is 0 Å². The number of carboxylic acid groups (broad SMARTS) is 3. The molecule has 120 valence electrons. The fourth-order valence-electron chi connectivity index (χ4n) is 0.534. The Kier molecular flexibility index (Phi) is 19.4. The van der Waals surface area contributed by atoms with Crippen LogP contribution >= 0.6 is 0 Å². The lowest BCUT2D eigenvalue weighted by atomic mass is 10.2. The van der Waals surface area contributed by atoms with Crippen molar-refractivity contribution < 1.29 is 29.7 Å². The number of carbonyl (C=O) groups is 3. The van der Waals surface area contributed by atoms with E-state index in [9.17, 15) is 14.4 Å². The van der Waals surface area contributed by atoms with Crippen molar-refractivity contribution in [3.63, 3.8) is 0 Å². The Morgan fingerprint density at radius 1 is 0.773 bits per heavy atom. The first-order valence-corrected chi connectivity index (χ1v) is 5.78. The van der Waals surface area contributed by atoms with Gasteiger partial charge in [0.1, 0.15) is 0 Å². The van der Waals surface area contributed by atoms with Gasteiger partial charge in [-0.15, -0.1) is 0 Å². The molecule has 0 radical (unpaired) electrons. The van der Waals surface area contributed by atoms with Crippen molar-refractivity contribution in [1.82, 2.24) is 0 Å². The minimum absolute atomic E-state index is 0.833. The first kappa shape index (κ1) is 23.9. The summed E-state index contributed by atoms with van der Waals surface area (Å²) in [4.78, 5) is 27.8. The van der Waals surface area contributed by atoms with Gasteiger partial charge in [0, 0.05) is 18.2 Å². The highest BCUT2D eigenvalue weighted by Gasteiger charge is 1.74. The van der Waals surface area contributed by atoms with Crippen LogP contribution in [0.15, 0.2) is 68.3 Å². The number of rotatable bonds is 3. The summed E-state index contributed by atoms with van der Waals surface area (Å²) in [5, 5.41) is 22.8. The Morgan fingerprint density at radius 2 is 1.00 bits per heavy atom. The molecule has 0 saturated heterocycles. The molecule has 0 bridgehead atoms. The summed E-state index contributed by atoms with van der Waals surface area (Å²) in [6.07, 6.45) is 2.50. The SMILES string of the molecule is C=CC(=O)O.C=CC(=O)O.C=CC(=O)O.Cc1ccccc1. The van der Waals surface area contributed by atoms with Gasteiger partial charge in [0.2, 0.25) is 0 Å². The van der Waals surface area contributed by atoms with Crippen molar-refractivity contribution in [3.05, 3.63) is 73.9 Å². The molecule has 0 heterocycles. The van der Waals surface area contributed by atoms with Crippen LogP contribution < -0.4 is 0 Å². The molecule has 1 aromatic rings. The van der Waals surface area contributed by atoms with E-state index in [4.69, 9.17) is 15.3 Å². The van der Waals surface area contributed by atoms with Crippen molar-refractivity contribution in [3.8, 4) is 0 Å². The van der Waals surface area contributed by atoms with E-state index >= 15 is 0 Å². The van der Waals surface area contributed by atoms with E-state index in [0.717, 1.165) is 18.2 Å². The van der Waals surface area contributed by atoms with Gasteiger partial charge in [-0.1, -0.05) is 55.6 Å². The van der Waals surface area contributed by atoms with E-state index in [1.807, 2.05) is 18.2 Å². The van der Waals surface area contributed by atoms with Crippen LogP contribution in [-0.4, -0.2) is 33.2 Å². The van der Waals surface area contributed by atoms with Crippen LogP contribution in [0.25, 0.3) is 0 Å². The molecule has 0 unspecified atom stereocenters. The van der Waals surface area contributed by atoms with Crippen LogP contribution in [0.2, 0.25) is 0 Å². The highest BCUT2D eigenvalue weighted by molar-refractivity contribution is 5.79. The molecule has 0 amide bonds. The summed E-state index contributed by atoms with van der Waals surface area (Å²) in [6, 6.07) is 10.3. The van der Waals surface area contributed by atoms with Crippen LogP contribution in [0.4, 0.5) is 0 Å². The van der Waals surface area contributed by atoms with Gasteiger partial charge in [-0.2, -0.15) is 0 Å². The van der Waals surface area contributed by atoms with Gasteiger partial charge in [0.05, 0.1) is 0 Å². The zero-order chi connectivity index (χ0) is 18.0. The van der Waals surface area contributed by atoms with Crippen LogP contribution in [-0.2, 0) is 14.4 Å². The first-order chi connectivity index (χ1) is 10.2. The lowest BCUT2D eigenvalue weighted by molar-refractivity contribution is -0.132. The second-order valence-corrected chi connectivity index (χ2v) is 3.28. The zero-order valence-corrected chi connectivity index (χ0v) is 12.3. The summed E-state index contributed by atoms with van der Waals surface area (Å²) in [6.45, 7) is 11.0. The summed E-state index contributed by atoms with van der Waals surface area (Å²) in [5.41, 5.74) is 1.32. The molecule has 0 aromatic heterocycles. The predicted molar refractivity (Wildman–Crippen MR) is 84.7 cm³/mol. The molecule has 0 atom stereocenters. The van der Waals surface area contributed by atoms with E-state index in [2.05, 4.69) is 38.8 Å². The lowest BCUT2D eigenvalue weighted by Gasteiger charge is -1.82. The van der Waals surface area contributed by atoms with Crippen molar-refractivity contribution in [2.75, 3.05) is 0 Å². The first-order valence-electron chi connectivity index (χ1n) is 5.78. The number of benzene rings is 1. The van der Waals surface area contributed by atoms with E-state index in [-0.39, 0.29) is 0 Å². The molecule has 3 N–H and O–H groups in total. The van der Waals surface area contributed by atoms with Crippen LogP contribution in [0.1, 0.15) is 5.56 Å². The second kappa shape index (κ2) is 17.8. The molecule has 22 heavy (non-hydrogen) atoms. The normalized spacial score (nSPS) is 7.14. The molecule has 0 fully saturated rings. The molecule has 0 spiro atoms. The average molecular weight is 308 g/mol. The van der Waals surface area contributed by atoms with Gasteiger partial charge >= 0.3 is 17.9 Å². The molecule has 1 aromatic carbocycles. The maximum atomic E-state index is 9.25. The Morgan fingerprint density at radius 3 is 1.09 bits per heavy atom. The second-order valence-electron chi connectivity index (χ2n) is 3.28. The van der Waals surface area contributed by atoms with Gasteiger partial charge < -0.3 is 15.3 Å². The molecule has 6 heteroatoms. The van der Waals surface area contributed by atoms with Crippen LogP contribution in [0, 0.1) is 6.92 Å². The smallest absolute Gasteiger partial charge is 0.327 e. The Balaban J connectivity index is -0.000000223. The Labute approximate surface area is 129 Å². The minimum Gasteiger partial charge on any atom is -0.478 e. The van der Waals surface area contributed by atoms with Gasteiger partial charge in [-0.25, -0.2) is 14.4 Å². The maximum absolute atomic E-state index is 9.25. The third kappa shape index (κ3) is 36.0. The molecule has 1 rings (SSSR count). The number of aryl methyl sites for hydroxylation is 1. The maximum Gasteiger partial charge on any atom is 0.327 e. The van der Waals surface area contributed by atoms with Crippen LogP contribution in [0.3, 0.4) is 0 Å². The summed E-state index contributed by atoms with van der Waals surface area (Å²) < 4.78 is 0. The number of aliphatic carboxylic acids is 3. The molecular formula is C16H20O6. The summed E-state index contributed by atoms with van der Waals surface area (Å²) >= 11 is 0. The van der Waals surface area contributed by atoms with Gasteiger partial charge in [-0.05, 0) is 6.92 Å². The van der Waals surface area contributed by atoms with E-state index in [0.29, 0.717) is 0 Å². The zero-order valence-electron chi connectivity index (χ0n) is 12.3. The summed E-state index contributed by atoms with van der Waals surface area (Å²) in [7, 11) is 0. The van der Waals surface area contributed by atoms with E-state index in [1.165, 1.54) is 5.56 Å². The molecule has 0 aliphatic heterocycles. The molecule has 6 nitrogen and oxygen atoms in total. The Bertz CT molecular complexity index is 434. The molecule has 0 aliphatic rings. The van der Waals surface area contributed by atoms with Gasteiger partial charge in [-0.3, -0.25) is 0 Å². The fraction of sp³-hybridized carbons (Fsp3) is 0.0625. The average Bonchev–Trinajstić information content (AvgIpc) is 2.49. The largest absolute Gasteiger partial charge is 0.478 e. The quantitative estimate of drug-likeness (QED) is 0.740. The van der Waals surface area contributed by atoms with E-state index in [1.54, 1.807) is 0 Å². The highest BCUT2D eigenvalue weighted by Crippen LogP contribution is 1.92. The van der Waals surface area contributed by atoms with E-state index < -0.39 is 17.9 Å². The highest BCUT2D eigenvalue weighted by atomic mass is 16.4. The van der Waals surface area contributed by atoms with Crippen molar-refractivity contribution >= 4 is 17.9 Å².